The van der Waals surface area contributed by atoms with Gasteiger partial charge in [0.25, 0.3) is 0 Å². The first kappa shape index (κ1) is 12.6. The molecule has 0 radical (unpaired) electrons. The summed E-state index contributed by atoms with van der Waals surface area (Å²) in [7, 11) is 0. The van der Waals surface area contributed by atoms with Crippen LogP contribution in [0.4, 0.5) is 17.1 Å². The second kappa shape index (κ2) is 5.68. The average molecular weight is 251 g/mol. The normalized spacial score (nSPS) is 15.5. The summed E-state index contributed by atoms with van der Waals surface area (Å²) in [5, 5.41) is 14.3. The zero-order valence-corrected chi connectivity index (χ0v) is 10.4. The Labute approximate surface area is 106 Å². The molecule has 98 valence electrons. The van der Waals surface area contributed by atoms with Crippen molar-refractivity contribution in [3.05, 3.63) is 28.3 Å². The van der Waals surface area contributed by atoms with Crippen LogP contribution in [-0.2, 0) is 4.74 Å². The number of ether oxygens (including phenoxy) is 1. The minimum absolute atomic E-state index is 0.154. The first-order valence-electron chi connectivity index (χ1n) is 6.08. The molecule has 1 N–H and O–H groups in total. The van der Waals surface area contributed by atoms with Crippen molar-refractivity contribution >= 4 is 17.1 Å². The number of rotatable bonds is 4. The molecule has 1 aliphatic rings. The Morgan fingerprint density at radius 2 is 2.17 bits per heavy atom. The second-order valence-corrected chi connectivity index (χ2v) is 4.06. The van der Waals surface area contributed by atoms with Crippen LogP contribution in [0, 0.1) is 10.1 Å². The van der Waals surface area contributed by atoms with E-state index in [2.05, 4.69) is 5.32 Å². The highest BCUT2D eigenvalue weighted by atomic mass is 16.6. The minimum atomic E-state index is -0.317. The van der Waals surface area contributed by atoms with Crippen molar-refractivity contribution in [3.63, 3.8) is 0 Å². The van der Waals surface area contributed by atoms with Gasteiger partial charge < -0.3 is 15.0 Å². The highest BCUT2D eigenvalue weighted by Crippen LogP contribution is 2.35. The second-order valence-electron chi connectivity index (χ2n) is 4.06. The van der Waals surface area contributed by atoms with Crippen molar-refractivity contribution in [1.29, 1.82) is 0 Å². The van der Waals surface area contributed by atoms with Crippen LogP contribution in [0.3, 0.4) is 0 Å². The fourth-order valence-electron chi connectivity index (χ4n) is 2.12. The van der Waals surface area contributed by atoms with Crippen molar-refractivity contribution in [2.45, 2.75) is 6.92 Å². The number of hydrogen-bond donors (Lipinski definition) is 1. The van der Waals surface area contributed by atoms with E-state index in [9.17, 15) is 10.1 Å². The number of nitrogens with zero attached hydrogens (tertiary/aromatic N) is 2. The lowest BCUT2D eigenvalue weighted by molar-refractivity contribution is -0.383. The van der Waals surface area contributed by atoms with Crippen LogP contribution in [0.2, 0.25) is 0 Å². The van der Waals surface area contributed by atoms with E-state index in [1.807, 2.05) is 17.9 Å². The van der Waals surface area contributed by atoms with E-state index in [-0.39, 0.29) is 10.6 Å². The fraction of sp³-hybridized carbons (Fsp3) is 0.500. The summed E-state index contributed by atoms with van der Waals surface area (Å²) in [6, 6.07) is 5.38. The minimum Gasteiger partial charge on any atom is -0.380 e. The third-order valence-electron chi connectivity index (χ3n) is 2.92. The number of para-hydroxylation sites is 1. The van der Waals surface area contributed by atoms with E-state index >= 15 is 0 Å². The van der Waals surface area contributed by atoms with Crippen molar-refractivity contribution in [2.24, 2.45) is 0 Å². The zero-order valence-electron chi connectivity index (χ0n) is 10.4. The Hall–Kier alpha value is -1.82. The van der Waals surface area contributed by atoms with E-state index in [0.717, 1.165) is 0 Å². The lowest BCUT2D eigenvalue weighted by Crippen LogP contribution is -2.36. The number of morpholine rings is 1. The van der Waals surface area contributed by atoms with E-state index in [4.69, 9.17) is 4.74 Å². The van der Waals surface area contributed by atoms with E-state index in [1.54, 1.807) is 12.1 Å². The first-order chi connectivity index (χ1) is 8.74. The summed E-state index contributed by atoms with van der Waals surface area (Å²) in [6.07, 6.45) is 0. The topological polar surface area (TPSA) is 67.6 Å². The maximum Gasteiger partial charge on any atom is 0.315 e. The van der Waals surface area contributed by atoms with Gasteiger partial charge >= 0.3 is 5.69 Å². The lowest BCUT2D eigenvalue weighted by atomic mass is 10.2. The number of nitro groups is 1. The Morgan fingerprint density at radius 3 is 2.78 bits per heavy atom. The molecule has 6 nitrogen and oxygen atoms in total. The molecule has 0 atom stereocenters. The third-order valence-corrected chi connectivity index (χ3v) is 2.92. The molecule has 1 aromatic rings. The Bertz CT molecular complexity index is 431. The Kier molecular flexibility index (Phi) is 3.99. The van der Waals surface area contributed by atoms with Crippen molar-refractivity contribution in [1.82, 2.24) is 0 Å². The quantitative estimate of drug-likeness (QED) is 0.653. The summed E-state index contributed by atoms with van der Waals surface area (Å²) in [5.74, 6) is 0. The van der Waals surface area contributed by atoms with Gasteiger partial charge in [-0.1, -0.05) is 6.07 Å². The van der Waals surface area contributed by atoms with Gasteiger partial charge in [-0.25, -0.2) is 0 Å². The van der Waals surface area contributed by atoms with Gasteiger partial charge in [-0.15, -0.1) is 0 Å². The molecule has 1 aromatic carbocycles. The number of nitrogens with one attached hydrogen (secondary N) is 1. The number of nitro benzene ring substituents is 1. The van der Waals surface area contributed by atoms with Crippen LogP contribution in [-0.4, -0.2) is 37.8 Å². The molecule has 18 heavy (non-hydrogen) atoms. The molecule has 0 bridgehead atoms. The smallest absolute Gasteiger partial charge is 0.315 e. The largest absolute Gasteiger partial charge is 0.380 e. The summed E-state index contributed by atoms with van der Waals surface area (Å²) in [4.78, 5) is 13.0. The summed E-state index contributed by atoms with van der Waals surface area (Å²) >= 11 is 0. The predicted molar refractivity (Wildman–Crippen MR) is 70.3 cm³/mol. The van der Waals surface area contributed by atoms with E-state index in [1.165, 1.54) is 0 Å². The van der Waals surface area contributed by atoms with Gasteiger partial charge in [-0.3, -0.25) is 10.1 Å². The lowest BCUT2D eigenvalue weighted by Gasteiger charge is -2.28. The van der Waals surface area contributed by atoms with Crippen LogP contribution < -0.4 is 10.2 Å². The van der Waals surface area contributed by atoms with Crippen LogP contribution >= 0.6 is 0 Å². The molecular weight excluding hydrogens is 234 g/mol. The highest BCUT2D eigenvalue weighted by Gasteiger charge is 2.24. The first-order valence-corrected chi connectivity index (χ1v) is 6.08. The van der Waals surface area contributed by atoms with Crippen molar-refractivity contribution < 1.29 is 9.66 Å². The van der Waals surface area contributed by atoms with Crippen LogP contribution in [0.5, 0.6) is 0 Å². The Morgan fingerprint density at radius 1 is 1.44 bits per heavy atom. The predicted octanol–water partition coefficient (Wildman–Crippen LogP) is 1.86. The molecule has 0 aliphatic carbocycles. The van der Waals surface area contributed by atoms with Crippen molar-refractivity contribution in [3.8, 4) is 0 Å². The zero-order chi connectivity index (χ0) is 13.0. The number of hydrogen-bond acceptors (Lipinski definition) is 5. The van der Waals surface area contributed by atoms with Crippen LogP contribution in [0.15, 0.2) is 18.2 Å². The summed E-state index contributed by atoms with van der Waals surface area (Å²) < 4.78 is 5.27. The summed E-state index contributed by atoms with van der Waals surface area (Å²) in [6.45, 7) is 5.19. The van der Waals surface area contributed by atoms with Gasteiger partial charge in [-0.05, 0) is 19.1 Å². The molecule has 0 amide bonds. The molecule has 1 saturated heterocycles. The summed E-state index contributed by atoms with van der Waals surface area (Å²) in [5.41, 5.74) is 1.40. The molecule has 2 rings (SSSR count). The maximum atomic E-state index is 11.3. The third kappa shape index (κ3) is 2.53. The van der Waals surface area contributed by atoms with Crippen molar-refractivity contribution in [2.75, 3.05) is 43.1 Å². The standard InChI is InChI=1S/C12H17N3O3/c1-2-13-10-4-3-5-11(12(10)15(16)17)14-6-8-18-9-7-14/h3-5,13H,2,6-9H2,1H3. The molecule has 1 fully saturated rings. The molecule has 0 spiro atoms. The molecule has 1 heterocycles. The van der Waals surface area contributed by atoms with Gasteiger partial charge in [-0.2, -0.15) is 0 Å². The number of benzene rings is 1. The fourth-order valence-corrected chi connectivity index (χ4v) is 2.12. The monoisotopic (exact) mass is 251 g/mol. The van der Waals surface area contributed by atoms with Gasteiger partial charge in [0, 0.05) is 19.6 Å². The average Bonchev–Trinajstić information content (AvgIpc) is 2.39. The molecule has 1 aliphatic heterocycles. The SMILES string of the molecule is CCNc1cccc(N2CCOCC2)c1[N+](=O)[O-]. The van der Waals surface area contributed by atoms with E-state index < -0.39 is 0 Å². The van der Waals surface area contributed by atoms with Crippen LogP contribution in [0.1, 0.15) is 6.92 Å². The molecule has 0 saturated carbocycles. The Balaban J connectivity index is 2.38. The molecule has 6 heteroatoms. The highest BCUT2D eigenvalue weighted by molar-refractivity contribution is 5.77. The van der Waals surface area contributed by atoms with Gasteiger partial charge in [0.1, 0.15) is 11.4 Å². The van der Waals surface area contributed by atoms with Gasteiger partial charge in [0.05, 0.1) is 18.1 Å². The molecule has 0 aromatic heterocycles. The van der Waals surface area contributed by atoms with Gasteiger partial charge in [0.15, 0.2) is 0 Å². The van der Waals surface area contributed by atoms with Crippen LogP contribution in [0.25, 0.3) is 0 Å². The molecule has 0 unspecified atom stereocenters. The molecular formula is C12H17N3O3. The van der Waals surface area contributed by atoms with Gasteiger partial charge in [0.2, 0.25) is 0 Å². The maximum absolute atomic E-state index is 11.3. The number of anilines is 2. The van der Waals surface area contributed by atoms with E-state index in [0.29, 0.717) is 44.2 Å².